The largest absolute Gasteiger partial charge is 0.393 e. The number of hydrogen-bond donors (Lipinski definition) is 1. The van der Waals surface area contributed by atoms with Gasteiger partial charge in [0.1, 0.15) is 0 Å². The van der Waals surface area contributed by atoms with E-state index in [1.165, 1.54) is 12.1 Å². The number of aryl methyl sites for hydroxylation is 1. The number of fused-ring (bicyclic) bond motifs is 1. The first-order chi connectivity index (χ1) is 12.9. The van der Waals surface area contributed by atoms with E-state index >= 15 is 0 Å². The fraction of sp³-hybridized carbons (Fsp3) is 0.684. The molecule has 2 aliphatic rings. The first-order valence-electron chi connectivity index (χ1n) is 9.47. The van der Waals surface area contributed by atoms with Gasteiger partial charge in [-0.3, -0.25) is 8.37 Å². The van der Waals surface area contributed by atoms with Gasteiger partial charge in [-0.25, -0.2) is 0 Å². The van der Waals surface area contributed by atoms with E-state index in [0.29, 0.717) is 32.1 Å². The van der Waals surface area contributed by atoms with Crippen LogP contribution < -0.4 is 0 Å². The number of benzene rings is 1. The van der Waals surface area contributed by atoms with Crippen LogP contribution in [0.4, 0.5) is 0 Å². The summed E-state index contributed by atoms with van der Waals surface area (Å²) in [7, 11) is -7.52. The fourth-order valence-electron chi connectivity index (χ4n) is 4.58. The second kappa shape index (κ2) is 7.68. The molecule has 0 bridgehead atoms. The molecule has 2 fully saturated rings. The molecule has 0 aliphatic heterocycles. The number of rotatable bonds is 5. The summed E-state index contributed by atoms with van der Waals surface area (Å²) in [6.45, 7) is 3.80. The molecule has 0 spiro atoms. The summed E-state index contributed by atoms with van der Waals surface area (Å²) in [4.78, 5) is 0.110. The van der Waals surface area contributed by atoms with Crippen LogP contribution in [0.25, 0.3) is 0 Å². The molecule has 1 unspecified atom stereocenters. The van der Waals surface area contributed by atoms with Gasteiger partial charge in [0.15, 0.2) is 0 Å². The molecule has 5 atom stereocenters. The zero-order chi connectivity index (χ0) is 20.7. The average Bonchev–Trinajstić information content (AvgIpc) is 2.58. The Morgan fingerprint density at radius 2 is 1.68 bits per heavy atom. The molecule has 3 rings (SSSR count). The Hall–Kier alpha value is -1.00. The first-order valence-corrected chi connectivity index (χ1v) is 12.7. The first kappa shape index (κ1) is 21.7. The van der Waals surface area contributed by atoms with Gasteiger partial charge >= 0.3 is 0 Å². The Labute approximate surface area is 167 Å². The molecule has 7 nitrogen and oxygen atoms in total. The van der Waals surface area contributed by atoms with E-state index in [2.05, 4.69) is 0 Å². The van der Waals surface area contributed by atoms with E-state index in [9.17, 15) is 21.9 Å². The van der Waals surface area contributed by atoms with Crippen molar-refractivity contribution in [3.05, 3.63) is 29.8 Å². The Bertz CT molecular complexity index is 908. The van der Waals surface area contributed by atoms with Gasteiger partial charge < -0.3 is 5.11 Å². The van der Waals surface area contributed by atoms with Gasteiger partial charge in [0.25, 0.3) is 20.2 Å². The van der Waals surface area contributed by atoms with E-state index in [1.807, 2.05) is 13.8 Å². The minimum Gasteiger partial charge on any atom is -0.393 e. The van der Waals surface area contributed by atoms with Gasteiger partial charge in [-0.15, -0.1) is 0 Å². The van der Waals surface area contributed by atoms with Crippen molar-refractivity contribution in [2.45, 2.75) is 69.2 Å². The molecule has 0 radical (unpaired) electrons. The van der Waals surface area contributed by atoms with Crippen molar-refractivity contribution < 1.29 is 30.3 Å². The van der Waals surface area contributed by atoms with Gasteiger partial charge in [-0.05, 0) is 57.1 Å². The highest BCUT2D eigenvalue weighted by molar-refractivity contribution is 7.86. The van der Waals surface area contributed by atoms with Crippen LogP contribution in [0.1, 0.15) is 44.6 Å². The molecule has 0 saturated heterocycles. The summed E-state index contributed by atoms with van der Waals surface area (Å²) in [5.74, 6) is -0.292. The van der Waals surface area contributed by atoms with Crippen LogP contribution in [0, 0.1) is 18.3 Å². The maximum Gasteiger partial charge on any atom is 0.297 e. The lowest BCUT2D eigenvalue weighted by molar-refractivity contribution is -0.125. The van der Waals surface area contributed by atoms with Crippen LogP contribution >= 0.6 is 0 Å². The third-order valence-corrected chi connectivity index (χ3v) is 8.11. The third-order valence-electron chi connectivity index (χ3n) is 6.16. The number of hydrogen-bond acceptors (Lipinski definition) is 7. The summed E-state index contributed by atoms with van der Waals surface area (Å²) in [5.41, 5.74) is 0.378. The van der Waals surface area contributed by atoms with Crippen molar-refractivity contribution in [1.82, 2.24) is 0 Å². The van der Waals surface area contributed by atoms with Crippen molar-refractivity contribution in [3.8, 4) is 0 Å². The average molecular weight is 433 g/mol. The predicted molar refractivity (Wildman–Crippen MR) is 104 cm³/mol. The lowest BCUT2D eigenvalue weighted by Crippen LogP contribution is -2.54. The zero-order valence-electron chi connectivity index (χ0n) is 16.4. The van der Waals surface area contributed by atoms with Gasteiger partial charge in [-0.1, -0.05) is 24.6 Å². The molecule has 2 aliphatic carbocycles. The summed E-state index contributed by atoms with van der Waals surface area (Å²) in [6.07, 6.45) is 1.46. The highest BCUT2D eigenvalue weighted by Gasteiger charge is 2.53. The molecule has 1 N–H and O–H groups in total. The van der Waals surface area contributed by atoms with Crippen molar-refractivity contribution in [1.29, 1.82) is 0 Å². The molecule has 2 saturated carbocycles. The maximum absolute atomic E-state index is 12.8. The maximum atomic E-state index is 12.8. The smallest absolute Gasteiger partial charge is 0.297 e. The van der Waals surface area contributed by atoms with Crippen molar-refractivity contribution in [3.63, 3.8) is 0 Å². The zero-order valence-corrected chi connectivity index (χ0v) is 18.0. The van der Waals surface area contributed by atoms with Crippen molar-refractivity contribution in [2.24, 2.45) is 11.3 Å². The minimum absolute atomic E-state index is 0.110. The fourth-order valence-corrected chi connectivity index (χ4v) is 6.45. The van der Waals surface area contributed by atoms with Crippen LogP contribution in [-0.2, 0) is 28.6 Å². The van der Waals surface area contributed by atoms with Gasteiger partial charge in [-0.2, -0.15) is 16.8 Å². The molecule has 0 heterocycles. The molecule has 158 valence electrons. The molecule has 0 amide bonds. The monoisotopic (exact) mass is 432 g/mol. The Balaban J connectivity index is 1.81. The second-order valence-corrected chi connectivity index (χ2v) is 11.5. The minimum atomic E-state index is -3.93. The SMILES string of the molecule is Cc1ccc(S(=O)(=O)O[C@H]2CC[C@@H](O)[C@H]3CC(OS(C)(=O)=O)CC[C@]23C)cc1. The van der Waals surface area contributed by atoms with Gasteiger partial charge in [0, 0.05) is 5.41 Å². The van der Waals surface area contributed by atoms with Crippen LogP contribution in [0.3, 0.4) is 0 Å². The summed E-state index contributed by atoms with van der Waals surface area (Å²) in [6, 6.07) is 6.50. The topological polar surface area (TPSA) is 107 Å². The van der Waals surface area contributed by atoms with E-state index in [4.69, 9.17) is 8.37 Å². The molecule has 1 aromatic carbocycles. The van der Waals surface area contributed by atoms with Crippen molar-refractivity contribution in [2.75, 3.05) is 6.26 Å². The molecule has 28 heavy (non-hydrogen) atoms. The molecular weight excluding hydrogens is 404 g/mol. The highest BCUT2D eigenvalue weighted by Crippen LogP contribution is 2.52. The predicted octanol–water partition coefficient (Wildman–Crippen LogP) is 2.37. The van der Waals surface area contributed by atoms with E-state index in [1.54, 1.807) is 12.1 Å². The van der Waals surface area contributed by atoms with Crippen LogP contribution in [0.15, 0.2) is 29.2 Å². The Morgan fingerprint density at radius 1 is 1.04 bits per heavy atom. The van der Waals surface area contributed by atoms with E-state index < -0.39 is 44.0 Å². The quantitative estimate of drug-likeness (QED) is 0.712. The third kappa shape index (κ3) is 4.59. The van der Waals surface area contributed by atoms with Gasteiger partial charge in [0.2, 0.25) is 0 Å². The highest BCUT2D eigenvalue weighted by atomic mass is 32.2. The number of aliphatic hydroxyl groups is 1. The normalized spacial score (nSPS) is 34.0. The summed E-state index contributed by atoms with van der Waals surface area (Å²) >= 11 is 0. The lowest BCUT2D eigenvalue weighted by Gasteiger charge is -2.52. The molecule has 0 aromatic heterocycles. The standard InChI is InChI=1S/C19H28O7S2/c1-13-4-6-15(7-5-13)28(23,24)26-18-9-8-17(20)16-12-14(25-27(3,21)22)10-11-19(16,18)2/h4-7,14,16-18,20H,8-12H2,1-3H3/t14?,16-,17-,18+,19+/m1/s1. The Morgan fingerprint density at radius 3 is 2.29 bits per heavy atom. The molecule has 9 heteroatoms. The van der Waals surface area contributed by atoms with Crippen LogP contribution in [0.2, 0.25) is 0 Å². The molecular formula is C19H28O7S2. The Kier molecular flexibility index (Phi) is 5.95. The summed E-state index contributed by atoms with van der Waals surface area (Å²) < 4.78 is 59.3. The van der Waals surface area contributed by atoms with Crippen LogP contribution in [-0.4, -0.2) is 46.5 Å². The number of aliphatic hydroxyl groups excluding tert-OH is 1. The molecule has 1 aromatic rings. The lowest BCUT2D eigenvalue weighted by atomic mass is 9.57. The van der Waals surface area contributed by atoms with Crippen LogP contribution in [0.5, 0.6) is 0 Å². The van der Waals surface area contributed by atoms with E-state index in [0.717, 1.165) is 11.8 Å². The summed E-state index contributed by atoms with van der Waals surface area (Å²) in [5, 5.41) is 10.5. The van der Waals surface area contributed by atoms with Crippen molar-refractivity contribution >= 4 is 20.2 Å². The van der Waals surface area contributed by atoms with E-state index in [-0.39, 0.29) is 10.8 Å². The van der Waals surface area contributed by atoms with Gasteiger partial charge in [0.05, 0.1) is 29.5 Å². The second-order valence-electron chi connectivity index (χ2n) is 8.31.